The quantitative estimate of drug-likeness (QED) is 0.144. The molecule has 0 unspecified atom stereocenters. The molecule has 0 radical (unpaired) electrons. The van der Waals surface area contributed by atoms with Gasteiger partial charge >= 0.3 is 50.9 Å². The van der Waals surface area contributed by atoms with Gasteiger partial charge < -0.3 is 55.2 Å². The van der Waals surface area contributed by atoms with Crippen molar-refractivity contribution in [3.05, 3.63) is 22.7 Å². The van der Waals surface area contributed by atoms with Crippen molar-refractivity contribution in [3.8, 4) is 0 Å². The number of hydrogen-bond acceptors (Lipinski definition) is 9. The number of nitrogens with two attached hydrogens (primary N) is 1. The fourth-order valence-corrected chi connectivity index (χ4v) is 1.90. The van der Waals surface area contributed by atoms with Crippen LogP contribution in [0.25, 0.3) is 0 Å². The van der Waals surface area contributed by atoms with Crippen LogP contribution in [0.3, 0.4) is 0 Å². The van der Waals surface area contributed by atoms with Gasteiger partial charge in [-0.1, -0.05) is 0 Å². The van der Waals surface area contributed by atoms with Crippen molar-refractivity contribution in [2.75, 3.05) is 12.3 Å². The standard InChI is InChI=1S/C10H15N3O5.Na.2H3O4P.H/c11-7-1-2-13(10(17)12-7)3-5-8(15)9(16)6(4-14)18-5;;2*1-5(2,3)4;/h1-2,5-6,8-9,14-16H,3-4H2,(H2,11,12,17);;2*(H3,1,2,3,4);/t5-,6+,8-,9+;;;;/m0..../s1. The molecule has 4 atom stereocenters. The molecule has 1 aliphatic heterocycles. The third kappa shape index (κ3) is 15.2. The van der Waals surface area contributed by atoms with Crippen LogP contribution in [-0.2, 0) is 20.4 Å². The van der Waals surface area contributed by atoms with E-state index >= 15 is 0 Å². The topological polar surface area (TPSA) is 286 Å². The van der Waals surface area contributed by atoms with Crippen molar-refractivity contribution in [1.29, 1.82) is 0 Å². The maximum absolute atomic E-state index is 11.5. The molecule has 29 heavy (non-hydrogen) atoms. The Morgan fingerprint density at radius 3 is 1.79 bits per heavy atom. The molecule has 1 aromatic rings. The number of anilines is 1. The molecule has 1 aromatic heterocycles. The average molecular weight is 477 g/mol. The molecule has 11 N–H and O–H groups in total. The van der Waals surface area contributed by atoms with Crippen molar-refractivity contribution < 1.29 is 58.5 Å². The Morgan fingerprint density at radius 2 is 1.45 bits per heavy atom. The first-order chi connectivity index (χ1) is 12.5. The van der Waals surface area contributed by atoms with E-state index in [4.69, 9.17) is 54.1 Å². The third-order valence-electron chi connectivity index (χ3n) is 2.91. The second-order valence-electron chi connectivity index (χ2n) is 5.19. The first kappa shape index (κ1) is 30.9. The van der Waals surface area contributed by atoms with Crippen LogP contribution in [0.1, 0.15) is 0 Å². The summed E-state index contributed by atoms with van der Waals surface area (Å²) in [5, 5.41) is 28.2. The summed E-state index contributed by atoms with van der Waals surface area (Å²) in [7, 11) is -9.28. The summed E-state index contributed by atoms with van der Waals surface area (Å²) in [6, 6.07) is 1.45. The Labute approximate surface area is 185 Å². The zero-order chi connectivity index (χ0) is 22.3. The van der Waals surface area contributed by atoms with E-state index in [0.717, 1.165) is 0 Å². The normalized spacial score (nSPS) is 23.8. The molecule has 0 bridgehead atoms. The zero-order valence-electron chi connectivity index (χ0n) is 13.9. The monoisotopic (exact) mass is 477 g/mol. The zero-order valence-corrected chi connectivity index (χ0v) is 15.7. The molecule has 0 amide bonds. The number of nitrogen functional groups attached to an aromatic ring is 1. The number of ether oxygens (including phenoxy) is 1. The SMILES string of the molecule is Nc1ccn(C[C@@H]2O[C@H](CO)[C@@H](O)[C@H]2O)c(=O)n1.O=P(O)(O)O.O=P(O)(O)O.[NaH]. The number of nitrogens with zero attached hydrogens (tertiary/aromatic N) is 2. The third-order valence-corrected chi connectivity index (χ3v) is 2.91. The van der Waals surface area contributed by atoms with Crippen molar-refractivity contribution in [1.82, 2.24) is 9.55 Å². The predicted molar refractivity (Wildman–Crippen MR) is 96.3 cm³/mol. The van der Waals surface area contributed by atoms with Crippen LogP contribution in [0.5, 0.6) is 0 Å². The second-order valence-corrected chi connectivity index (χ2v) is 7.24. The van der Waals surface area contributed by atoms with Gasteiger partial charge in [-0.15, -0.1) is 0 Å². The van der Waals surface area contributed by atoms with E-state index in [1.165, 1.54) is 16.8 Å². The molecule has 1 saturated heterocycles. The molecule has 2 rings (SSSR count). The van der Waals surface area contributed by atoms with Gasteiger partial charge in [-0.2, -0.15) is 4.98 Å². The van der Waals surface area contributed by atoms with Crippen LogP contribution in [-0.4, -0.2) is 115 Å². The number of aliphatic hydroxyl groups excluding tert-OH is 3. The molecule has 2 heterocycles. The molecule has 1 fully saturated rings. The van der Waals surface area contributed by atoms with Gasteiger partial charge in [-0.25, -0.2) is 13.9 Å². The van der Waals surface area contributed by atoms with Crippen molar-refractivity contribution in [3.63, 3.8) is 0 Å². The van der Waals surface area contributed by atoms with Gasteiger partial charge in [0, 0.05) is 6.20 Å². The summed E-state index contributed by atoms with van der Waals surface area (Å²) in [4.78, 5) is 58.1. The van der Waals surface area contributed by atoms with E-state index in [9.17, 15) is 15.0 Å². The first-order valence-corrected chi connectivity index (χ1v) is 10.2. The van der Waals surface area contributed by atoms with Crippen LogP contribution >= 0.6 is 15.6 Å². The van der Waals surface area contributed by atoms with Gasteiger partial charge in [0.15, 0.2) is 0 Å². The van der Waals surface area contributed by atoms with Gasteiger partial charge in [0.2, 0.25) is 0 Å². The number of aromatic nitrogens is 2. The Balaban J connectivity index is 0. The second kappa shape index (κ2) is 13.2. The fraction of sp³-hybridized carbons (Fsp3) is 0.600. The summed E-state index contributed by atoms with van der Waals surface area (Å²) >= 11 is 0. The van der Waals surface area contributed by atoms with Gasteiger partial charge in [0.1, 0.15) is 30.2 Å². The molecule has 0 aromatic carbocycles. The number of phosphoric acid groups is 2. The molecule has 166 valence electrons. The first-order valence-electron chi connectivity index (χ1n) is 7.05. The average Bonchev–Trinajstić information content (AvgIpc) is 2.74. The van der Waals surface area contributed by atoms with Crippen LogP contribution in [0, 0.1) is 0 Å². The Kier molecular flexibility index (Phi) is 14.1. The van der Waals surface area contributed by atoms with Crippen LogP contribution < -0.4 is 11.4 Å². The molecular weight excluding hydrogens is 455 g/mol. The van der Waals surface area contributed by atoms with Crippen molar-refractivity contribution in [2.24, 2.45) is 0 Å². The fourth-order valence-electron chi connectivity index (χ4n) is 1.90. The molecular formula is C10H22N3NaO13P2. The van der Waals surface area contributed by atoms with Crippen molar-refractivity contribution >= 4 is 51.0 Å². The van der Waals surface area contributed by atoms with Crippen LogP contribution in [0.2, 0.25) is 0 Å². The molecule has 0 saturated carbocycles. The molecule has 0 aliphatic carbocycles. The Hall–Kier alpha value is -0.260. The van der Waals surface area contributed by atoms with Crippen LogP contribution in [0.4, 0.5) is 5.82 Å². The number of hydrogen-bond donors (Lipinski definition) is 10. The van der Waals surface area contributed by atoms with E-state index in [1.807, 2.05) is 0 Å². The van der Waals surface area contributed by atoms with E-state index in [0.29, 0.717) is 0 Å². The van der Waals surface area contributed by atoms with Gasteiger partial charge in [0.25, 0.3) is 0 Å². The minimum absolute atomic E-state index is 0. The Bertz CT molecular complexity index is 731. The summed E-state index contributed by atoms with van der Waals surface area (Å²) < 4.78 is 24.2. The Morgan fingerprint density at radius 1 is 1.03 bits per heavy atom. The van der Waals surface area contributed by atoms with E-state index in [1.54, 1.807) is 0 Å². The summed E-state index contributed by atoms with van der Waals surface area (Å²) in [6.07, 6.45) is -2.52. The van der Waals surface area contributed by atoms with Gasteiger partial charge in [-0.05, 0) is 6.07 Å². The predicted octanol–water partition coefficient (Wildman–Crippen LogP) is -5.20. The molecule has 1 aliphatic rings. The van der Waals surface area contributed by atoms with Gasteiger partial charge in [-0.3, -0.25) is 4.57 Å². The maximum atomic E-state index is 11.5. The molecule has 0 spiro atoms. The minimum atomic E-state index is -4.64. The van der Waals surface area contributed by atoms with E-state index < -0.39 is 52.4 Å². The summed E-state index contributed by atoms with van der Waals surface area (Å²) in [5.41, 5.74) is 4.79. The number of rotatable bonds is 3. The summed E-state index contributed by atoms with van der Waals surface area (Å²) in [5.74, 6) is 0.109. The van der Waals surface area contributed by atoms with Gasteiger partial charge in [0.05, 0.1) is 13.2 Å². The summed E-state index contributed by atoms with van der Waals surface area (Å²) in [6.45, 7) is -0.371. The molecule has 19 heteroatoms. The van der Waals surface area contributed by atoms with E-state index in [2.05, 4.69) is 4.98 Å². The van der Waals surface area contributed by atoms with Crippen molar-refractivity contribution in [2.45, 2.75) is 31.0 Å². The molecule has 16 nitrogen and oxygen atoms in total. The van der Waals surface area contributed by atoms with E-state index in [-0.39, 0.29) is 41.9 Å². The van der Waals surface area contributed by atoms with Crippen LogP contribution in [0.15, 0.2) is 17.1 Å². The number of aliphatic hydroxyl groups is 3.